The molecule has 2 aromatic carbocycles. The minimum atomic E-state index is -0.391. The molecule has 1 heterocycles. The van der Waals surface area contributed by atoms with Crippen molar-refractivity contribution in [3.05, 3.63) is 82.0 Å². The number of benzene rings is 2. The van der Waals surface area contributed by atoms with Crippen LogP contribution in [-0.2, 0) is 4.79 Å². The number of nitrogens with zero attached hydrogens (tertiary/aromatic N) is 1. The summed E-state index contributed by atoms with van der Waals surface area (Å²) in [5.74, 6) is 0.759. The van der Waals surface area contributed by atoms with E-state index in [0.717, 1.165) is 5.56 Å². The molecule has 0 radical (unpaired) electrons. The van der Waals surface area contributed by atoms with Crippen molar-refractivity contribution in [1.29, 1.82) is 0 Å². The van der Waals surface area contributed by atoms with Crippen LogP contribution in [0.4, 0.5) is 0 Å². The van der Waals surface area contributed by atoms with Crippen molar-refractivity contribution in [2.45, 2.75) is 19.8 Å². The number of hydrogen-bond acceptors (Lipinski definition) is 6. The Balaban J connectivity index is 1.43. The molecule has 0 aliphatic carbocycles. The maximum Gasteiger partial charge on any atom is 0.353 e. The summed E-state index contributed by atoms with van der Waals surface area (Å²) < 4.78 is 10.7. The van der Waals surface area contributed by atoms with Crippen molar-refractivity contribution in [2.24, 2.45) is 5.10 Å². The molecular weight excluding hydrogens is 400 g/mol. The molecule has 154 valence electrons. The fourth-order valence-corrected chi connectivity index (χ4v) is 3.08. The monoisotopic (exact) mass is 422 g/mol. The van der Waals surface area contributed by atoms with E-state index in [1.165, 1.54) is 23.1 Å². The van der Waals surface area contributed by atoms with Gasteiger partial charge in [0.2, 0.25) is 0 Å². The largest absolute Gasteiger partial charge is 0.484 e. The molecule has 0 spiro atoms. The zero-order valence-electron chi connectivity index (χ0n) is 16.7. The molecule has 0 saturated heterocycles. The highest BCUT2D eigenvalue weighted by Gasteiger charge is 2.09. The Labute approximate surface area is 179 Å². The summed E-state index contributed by atoms with van der Waals surface area (Å²) in [7, 11) is 0. The molecule has 0 aliphatic rings. The van der Waals surface area contributed by atoms with E-state index in [9.17, 15) is 9.59 Å². The van der Waals surface area contributed by atoms with Crippen LogP contribution in [0.1, 0.15) is 40.6 Å². The second kappa shape index (κ2) is 10.4. The summed E-state index contributed by atoms with van der Waals surface area (Å²) >= 11 is 1.33. The van der Waals surface area contributed by atoms with E-state index in [4.69, 9.17) is 9.47 Å². The van der Waals surface area contributed by atoms with Gasteiger partial charge in [-0.2, -0.15) is 5.10 Å². The van der Waals surface area contributed by atoms with Crippen molar-refractivity contribution in [2.75, 3.05) is 6.61 Å². The molecule has 6 nitrogen and oxygen atoms in total. The highest BCUT2D eigenvalue weighted by atomic mass is 32.1. The third-order valence-corrected chi connectivity index (χ3v) is 4.98. The number of hydrogen-bond donors (Lipinski definition) is 1. The SMILES string of the molecule is CC(C)c1ccc(OCC(=O)N/N=C\c2ccc(OC(=O)c3cccs3)cc2)cc1. The number of hydrazone groups is 1. The summed E-state index contributed by atoms with van der Waals surface area (Å²) in [6, 6.07) is 18.0. The zero-order chi connectivity index (χ0) is 21.3. The maximum absolute atomic E-state index is 11.9. The first kappa shape index (κ1) is 21.3. The first-order valence-corrected chi connectivity index (χ1v) is 10.3. The number of carbonyl (C=O) groups excluding carboxylic acids is 2. The van der Waals surface area contributed by atoms with Crippen LogP contribution in [0, 0.1) is 0 Å². The number of ether oxygens (including phenoxy) is 2. The summed E-state index contributed by atoms with van der Waals surface area (Å²) in [5, 5.41) is 5.73. The number of amides is 1. The Bertz CT molecular complexity index is 995. The molecular formula is C23H22N2O4S. The molecule has 3 rings (SSSR count). The van der Waals surface area contributed by atoms with Gasteiger partial charge in [0.25, 0.3) is 5.91 Å². The molecule has 30 heavy (non-hydrogen) atoms. The first-order chi connectivity index (χ1) is 14.5. The van der Waals surface area contributed by atoms with Crippen molar-refractivity contribution < 1.29 is 19.1 Å². The summed E-state index contributed by atoms with van der Waals surface area (Å²) in [6.07, 6.45) is 1.50. The lowest BCUT2D eigenvalue weighted by molar-refractivity contribution is -0.123. The highest BCUT2D eigenvalue weighted by Crippen LogP contribution is 2.18. The minimum Gasteiger partial charge on any atom is -0.484 e. The zero-order valence-corrected chi connectivity index (χ0v) is 17.5. The minimum absolute atomic E-state index is 0.129. The predicted octanol–water partition coefficient (Wildman–Crippen LogP) is 4.62. The summed E-state index contributed by atoms with van der Waals surface area (Å²) in [5.41, 5.74) is 4.38. The summed E-state index contributed by atoms with van der Waals surface area (Å²) in [4.78, 5) is 24.3. The topological polar surface area (TPSA) is 77.0 Å². The van der Waals surface area contributed by atoms with Crippen molar-refractivity contribution >= 4 is 29.4 Å². The average molecular weight is 423 g/mol. The van der Waals surface area contributed by atoms with E-state index < -0.39 is 5.97 Å². The number of nitrogens with one attached hydrogen (secondary N) is 1. The van der Waals surface area contributed by atoms with Gasteiger partial charge in [-0.1, -0.05) is 32.0 Å². The lowest BCUT2D eigenvalue weighted by Gasteiger charge is -2.08. The second-order valence-corrected chi connectivity index (χ2v) is 7.69. The number of carbonyl (C=O) groups is 2. The van der Waals surface area contributed by atoms with Crippen molar-refractivity contribution in [3.63, 3.8) is 0 Å². The number of thiophene rings is 1. The lowest BCUT2D eigenvalue weighted by Crippen LogP contribution is -2.24. The van der Waals surface area contributed by atoms with Gasteiger partial charge in [0.15, 0.2) is 6.61 Å². The molecule has 0 unspecified atom stereocenters. The van der Waals surface area contributed by atoms with E-state index in [1.807, 2.05) is 29.6 Å². The molecule has 3 aromatic rings. The molecule has 0 saturated carbocycles. The molecule has 0 bridgehead atoms. The van der Waals surface area contributed by atoms with Crippen LogP contribution >= 0.6 is 11.3 Å². The smallest absolute Gasteiger partial charge is 0.353 e. The quantitative estimate of drug-likeness (QED) is 0.249. The fourth-order valence-electron chi connectivity index (χ4n) is 2.48. The Morgan fingerprint density at radius 2 is 1.73 bits per heavy atom. The van der Waals surface area contributed by atoms with Gasteiger partial charge >= 0.3 is 5.97 Å². The van der Waals surface area contributed by atoms with Gasteiger partial charge in [-0.05, 0) is 64.9 Å². The van der Waals surface area contributed by atoms with Gasteiger partial charge in [0, 0.05) is 0 Å². The van der Waals surface area contributed by atoms with E-state index in [1.54, 1.807) is 36.4 Å². The molecule has 1 amide bonds. The van der Waals surface area contributed by atoms with Gasteiger partial charge in [0.1, 0.15) is 16.4 Å². The second-order valence-electron chi connectivity index (χ2n) is 6.74. The predicted molar refractivity (Wildman–Crippen MR) is 117 cm³/mol. The lowest BCUT2D eigenvalue weighted by atomic mass is 10.0. The fraction of sp³-hybridized carbons (Fsp3) is 0.174. The maximum atomic E-state index is 11.9. The Morgan fingerprint density at radius 1 is 1.03 bits per heavy atom. The Kier molecular flexibility index (Phi) is 7.34. The van der Waals surface area contributed by atoms with E-state index in [0.29, 0.717) is 22.3 Å². The molecule has 0 fully saturated rings. The Hall–Kier alpha value is -3.45. The van der Waals surface area contributed by atoms with Crippen LogP contribution in [0.15, 0.2) is 71.1 Å². The van der Waals surface area contributed by atoms with Crippen LogP contribution in [0.5, 0.6) is 11.5 Å². The standard InChI is InChI=1S/C23H22N2O4S/c1-16(2)18-7-11-19(12-8-18)28-15-22(26)25-24-14-17-5-9-20(10-6-17)29-23(27)21-4-3-13-30-21/h3-14,16H,15H2,1-2H3,(H,25,26)/b24-14-. The van der Waals surface area contributed by atoms with E-state index >= 15 is 0 Å². The van der Waals surface area contributed by atoms with Crippen LogP contribution in [0.25, 0.3) is 0 Å². The highest BCUT2D eigenvalue weighted by molar-refractivity contribution is 7.12. The molecule has 7 heteroatoms. The average Bonchev–Trinajstić information content (AvgIpc) is 3.29. The Morgan fingerprint density at radius 3 is 2.37 bits per heavy atom. The van der Waals surface area contributed by atoms with Gasteiger partial charge in [-0.15, -0.1) is 11.3 Å². The van der Waals surface area contributed by atoms with E-state index in [-0.39, 0.29) is 12.5 Å². The van der Waals surface area contributed by atoms with Gasteiger partial charge < -0.3 is 9.47 Å². The summed E-state index contributed by atoms with van der Waals surface area (Å²) in [6.45, 7) is 4.11. The number of esters is 1. The normalized spacial score (nSPS) is 10.9. The van der Waals surface area contributed by atoms with Crippen molar-refractivity contribution in [3.8, 4) is 11.5 Å². The van der Waals surface area contributed by atoms with Crippen LogP contribution in [0.2, 0.25) is 0 Å². The molecule has 1 aromatic heterocycles. The molecule has 1 N–H and O–H groups in total. The van der Waals surface area contributed by atoms with Crippen molar-refractivity contribution in [1.82, 2.24) is 5.43 Å². The van der Waals surface area contributed by atoms with Crippen LogP contribution in [0.3, 0.4) is 0 Å². The van der Waals surface area contributed by atoms with Crippen LogP contribution in [-0.4, -0.2) is 24.7 Å². The molecule has 0 aliphatic heterocycles. The van der Waals surface area contributed by atoms with Gasteiger partial charge in [-0.3, -0.25) is 4.79 Å². The third-order valence-electron chi connectivity index (χ3n) is 4.13. The molecule has 0 atom stereocenters. The van der Waals surface area contributed by atoms with Crippen LogP contribution < -0.4 is 14.9 Å². The van der Waals surface area contributed by atoms with E-state index in [2.05, 4.69) is 24.4 Å². The van der Waals surface area contributed by atoms with Gasteiger partial charge in [-0.25, -0.2) is 10.2 Å². The third kappa shape index (κ3) is 6.28. The number of rotatable bonds is 8. The first-order valence-electron chi connectivity index (χ1n) is 9.41. The van der Waals surface area contributed by atoms with Gasteiger partial charge in [0.05, 0.1) is 6.21 Å².